The zero-order chi connectivity index (χ0) is 4.41. The molecular weight excluding hydrogens is 80.0 g/mol. The Morgan fingerprint density at radius 1 is 1.83 bits per heavy atom. The predicted molar refractivity (Wildman–Crippen MR) is 20.1 cm³/mol. The summed E-state index contributed by atoms with van der Waals surface area (Å²) in [7, 11) is 1.77. The zero-order valence-electron chi connectivity index (χ0n) is 3.42. The Morgan fingerprint density at radius 2 is 2.67 bits per heavy atom. The minimum absolute atomic E-state index is 1.51. The highest BCUT2D eigenvalue weighted by molar-refractivity contribution is 4.53. The van der Waals surface area contributed by atoms with Gasteiger partial charge in [-0.15, -0.1) is 5.11 Å². The summed E-state index contributed by atoms with van der Waals surface area (Å²) in [6.07, 6.45) is 0. The lowest BCUT2D eigenvalue weighted by Gasteiger charge is -1.98. The van der Waals surface area contributed by atoms with E-state index in [1.165, 1.54) is 11.8 Å². The van der Waals surface area contributed by atoms with Crippen LogP contribution in [-0.4, -0.2) is 12.2 Å². The van der Waals surface area contributed by atoms with Crippen LogP contribution in [0.3, 0.4) is 0 Å². The Hall–Kier alpha value is -0.640. The third-order valence-electron chi connectivity index (χ3n) is 0.488. The van der Waals surface area contributed by atoms with E-state index in [2.05, 4.69) is 15.8 Å². The highest BCUT2D eigenvalue weighted by Crippen LogP contribution is 1.89. The average Bonchev–Trinajstić information content (AvgIpc) is 1.86. The van der Waals surface area contributed by atoms with Crippen LogP contribution in [-0.2, 0) is 0 Å². The van der Waals surface area contributed by atoms with Gasteiger partial charge in [0.2, 0.25) is 0 Å². The summed E-state index contributed by atoms with van der Waals surface area (Å²) in [5.74, 6) is 0. The molecule has 0 aromatic rings. The Kier molecular flexibility index (Phi) is 0.719. The molecule has 0 aromatic carbocycles. The third-order valence-corrected chi connectivity index (χ3v) is 0.488. The van der Waals surface area contributed by atoms with E-state index >= 15 is 0 Å². The first-order valence-electron chi connectivity index (χ1n) is 1.62. The van der Waals surface area contributed by atoms with E-state index in [1.54, 1.807) is 7.05 Å². The molecule has 33 valence electrons. The highest BCUT2D eigenvalue weighted by atomic mass is 15.8. The molecule has 4 heteroatoms. The van der Waals surface area contributed by atoms with E-state index in [9.17, 15) is 0 Å². The van der Waals surface area contributed by atoms with Crippen LogP contribution in [0.2, 0.25) is 0 Å². The lowest BCUT2D eigenvalue weighted by molar-refractivity contribution is 0.301. The molecule has 0 bridgehead atoms. The van der Waals surface area contributed by atoms with Crippen molar-refractivity contribution in [3.8, 4) is 0 Å². The predicted octanol–water partition coefficient (Wildman–Crippen LogP) is -0.0771. The van der Waals surface area contributed by atoms with Gasteiger partial charge in [0.1, 0.15) is 0 Å². The number of nitrogens with zero attached hydrogens (tertiary/aromatic N) is 3. The Morgan fingerprint density at radius 3 is 2.83 bits per heavy atom. The van der Waals surface area contributed by atoms with E-state index in [4.69, 9.17) is 0 Å². The van der Waals surface area contributed by atoms with Gasteiger partial charge in [0.25, 0.3) is 0 Å². The van der Waals surface area contributed by atoms with Crippen LogP contribution in [0.1, 0.15) is 0 Å². The molecule has 0 atom stereocenters. The van der Waals surface area contributed by atoms with Crippen LogP contribution in [0.15, 0.2) is 10.3 Å². The van der Waals surface area contributed by atoms with Gasteiger partial charge in [-0.3, -0.25) is 0 Å². The highest BCUT2D eigenvalue weighted by Gasteiger charge is 1.94. The van der Waals surface area contributed by atoms with E-state index < -0.39 is 0 Å². The number of hydrazine groups is 1. The monoisotopic (exact) mass is 85.1 g/mol. The topological polar surface area (TPSA) is 40.0 Å². The first-order chi connectivity index (χ1) is 2.89. The Bertz CT molecular complexity index is 67.9. The van der Waals surface area contributed by atoms with Gasteiger partial charge in [-0.1, -0.05) is 5.22 Å². The largest absolute Gasteiger partial charge is 0.212 e. The Labute approximate surface area is 35.8 Å². The fourth-order valence-corrected chi connectivity index (χ4v) is 0.238. The second kappa shape index (κ2) is 1.22. The molecule has 0 fully saturated rings. The summed E-state index contributed by atoms with van der Waals surface area (Å²) >= 11 is 0. The Balaban J connectivity index is 2.38. The normalized spacial score (nSPS) is 19.8. The van der Waals surface area contributed by atoms with E-state index in [-0.39, 0.29) is 0 Å². The van der Waals surface area contributed by atoms with Crippen molar-refractivity contribution in [1.82, 2.24) is 10.5 Å². The van der Waals surface area contributed by atoms with Gasteiger partial charge >= 0.3 is 0 Å². The molecule has 1 radical (unpaired) electrons. The summed E-state index contributed by atoms with van der Waals surface area (Å²) in [6.45, 7) is 1.51. The fraction of sp³-hybridized carbons (Fsp3) is 0.500. The lowest BCUT2D eigenvalue weighted by atomic mass is 11.2. The van der Waals surface area contributed by atoms with Crippen molar-refractivity contribution in [2.75, 3.05) is 7.05 Å². The van der Waals surface area contributed by atoms with Crippen molar-refractivity contribution in [1.29, 1.82) is 0 Å². The van der Waals surface area contributed by atoms with Crippen LogP contribution < -0.4 is 5.43 Å². The van der Waals surface area contributed by atoms with Gasteiger partial charge in [-0.2, -0.15) is 5.43 Å². The molecule has 0 aliphatic carbocycles. The zero-order valence-corrected chi connectivity index (χ0v) is 3.42. The second-order valence-corrected chi connectivity index (χ2v) is 0.987. The molecular formula is C2H5N4. The molecule has 1 N–H and O–H groups in total. The minimum Gasteiger partial charge on any atom is -0.212 e. The van der Waals surface area contributed by atoms with E-state index in [1.807, 2.05) is 0 Å². The van der Waals surface area contributed by atoms with Crippen LogP contribution >= 0.6 is 0 Å². The summed E-state index contributed by atoms with van der Waals surface area (Å²) in [5, 5.41) is 8.52. The fourth-order valence-electron chi connectivity index (χ4n) is 0.238. The molecule has 0 saturated heterocycles. The summed E-state index contributed by atoms with van der Waals surface area (Å²) < 4.78 is 0. The smallest absolute Gasteiger partial charge is 0.180 e. The maximum Gasteiger partial charge on any atom is 0.180 e. The summed E-state index contributed by atoms with van der Waals surface area (Å²) in [6, 6.07) is 0. The number of hydrogen-bond acceptors (Lipinski definition) is 4. The third kappa shape index (κ3) is 0.463. The van der Waals surface area contributed by atoms with Crippen molar-refractivity contribution in [3.63, 3.8) is 0 Å². The molecule has 0 aromatic heterocycles. The van der Waals surface area contributed by atoms with Gasteiger partial charge in [0.05, 0.1) is 0 Å². The molecule has 1 aliphatic rings. The van der Waals surface area contributed by atoms with Gasteiger partial charge in [0, 0.05) is 7.05 Å². The minimum atomic E-state index is 1.51. The second-order valence-electron chi connectivity index (χ2n) is 0.987. The van der Waals surface area contributed by atoms with Gasteiger partial charge < -0.3 is 0 Å². The lowest BCUT2D eigenvalue weighted by Crippen LogP contribution is -2.20. The van der Waals surface area contributed by atoms with Gasteiger partial charge in [-0.05, 0) is 0 Å². The maximum absolute atomic E-state index is 3.53. The standard InChI is InChI=1S/C2H5N4/c1-6-4-2-3-5-6/h2,4H,1H3. The van der Waals surface area contributed by atoms with Crippen molar-refractivity contribution in [2.24, 2.45) is 10.3 Å². The number of nitrogens with one attached hydrogen (secondary N) is 1. The summed E-state index contributed by atoms with van der Waals surface area (Å²) in [5.41, 5.74) is 2.69. The molecule has 0 spiro atoms. The van der Waals surface area contributed by atoms with Crippen molar-refractivity contribution in [2.45, 2.75) is 0 Å². The van der Waals surface area contributed by atoms with Crippen LogP contribution in [0, 0.1) is 6.67 Å². The average molecular weight is 85.1 g/mol. The molecule has 1 heterocycles. The van der Waals surface area contributed by atoms with Gasteiger partial charge in [-0.25, -0.2) is 5.12 Å². The first-order valence-corrected chi connectivity index (χ1v) is 1.62. The van der Waals surface area contributed by atoms with Crippen molar-refractivity contribution in [3.05, 3.63) is 6.67 Å². The van der Waals surface area contributed by atoms with Crippen molar-refractivity contribution < 1.29 is 0 Å². The van der Waals surface area contributed by atoms with Gasteiger partial charge in [0.15, 0.2) is 6.67 Å². The van der Waals surface area contributed by atoms with E-state index in [0.29, 0.717) is 0 Å². The molecule has 1 rings (SSSR count). The quantitative estimate of drug-likeness (QED) is 0.447. The number of hydrogen-bond donors (Lipinski definition) is 1. The molecule has 4 nitrogen and oxygen atoms in total. The molecule has 0 unspecified atom stereocenters. The molecule has 0 amide bonds. The van der Waals surface area contributed by atoms with Crippen LogP contribution in [0.5, 0.6) is 0 Å². The molecule has 6 heavy (non-hydrogen) atoms. The van der Waals surface area contributed by atoms with Crippen LogP contribution in [0.4, 0.5) is 0 Å². The number of rotatable bonds is 0. The maximum atomic E-state index is 3.53. The first kappa shape index (κ1) is 3.55. The molecule has 1 aliphatic heterocycles. The van der Waals surface area contributed by atoms with Crippen LogP contribution in [0.25, 0.3) is 0 Å². The van der Waals surface area contributed by atoms with Crippen molar-refractivity contribution >= 4 is 0 Å². The summed E-state index contributed by atoms with van der Waals surface area (Å²) in [4.78, 5) is 0. The molecule has 0 saturated carbocycles. The SMILES string of the molecule is CN1N=N[CH]N1. The van der Waals surface area contributed by atoms with E-state index in [0.717, 1.165) is 0 Å².